The van der Waals surface area contributed by atoms with E-state index in [9.17, 15) is 4.79 Å². The number of nitrogens with one attached hydrogen (secondary N) is 1. The van der Waals surface area contributed by atoms with E-state index in [1.165, 1.54) is 11.1 Å². The molecule has 2 aromatic rings. The average molecular weight is 300 g/mol. The van der Waals surface area contributed by atoms with Crippen molar-refractivity contribution in [3.63, 3.8) is 0 Å². The Labute approximate surface area is 129 Å². The highest BCUT2D eigenvalue weighted by atomic mass is 32.2. The summed E-state index contributed by atoms with van der Waals surface area (Å²) < 4.78 is 0. The van der Waals surface area contributed by atoms with Crippen molar-refractivity contribution in [1.29, 1.82) is 0 Å². The Morgan fingerprint density at radius 3 is 2.71 bits per heavy atom. The van der Waals surface area contributed by atoms with Gasteiger partial charge in [0.05, 0.1) is 16.6 Å². The number of anilines is 2. The predicted molar refractivity (Wildman–Crippen MR) is 91.4 cm³/mol. The first kappa shape index (κ1) is 15.4. The predicted octanol–water partition coefficient (Wildman–Crippen LogP) is 3.84. The van der Waals surface area contributed by atoms with Crippen molar-refractivity contribution < 1.29 is 4.79 Å². The summed E-state index contributed by atoms with van der Waals surface area (Å²) in [6.07, 6.45) is 0. The van der Waals surface area contributed by atoms with Crippen LogP contribution in [-0.2, 0) is 10.5 Å². The summed E-state index contributed by atoms with van der Waals surface area (Å²) in [6.45, 7) is 3.98. The number of rotatable bonds is 5. The van der Waals surface area contributed by atoms with E-state index in [1.54, 1.807) is 17.8 Å². The Kier molecular flexibility index (Phi) is 5.28. The fourth-order valence-electron chi connectivity index (χ4n) is 1.94. The van der Waals surface area contributed by atoms with Gasteiger partial charge in [0.15, 0.2) is 0 Å². The average Bonchev–Trinajstić information content (AvgIpc) is 2.47. The Balaban J connectivity index is 1.90. The Bertz CT molecular complexity index is 628. The topological polar surface area (TPSA) is 55.1 Å². The zero-order chi connectivity index (χ0) is 15.2. The lowest BCUT2D eigenvalue weighted by molar-refractivity contribution is -0.115. The van der Waals surface area contributed by atoms with Gasteiger partial charge in [0.25, 0.3) is 0 Å². The molecule has 0 saturated heterocycles. The molecule has 4 heteroatoms. The SMILES string of the molecule is Cc1cccc(CSC(C)C(=O)Nc2ccccc2N)c1. The second kappa shape index (κ2) is 7.18. The van der Waals surface area contributed by atoms with Crippen LogP contribution in [0.3, 0.4) is 0 Å². The first-order valence-corrected chi connectivity index (χ1v) is 7.93. The van der Waals surface area contributed by atoms with Gasteiger partial charge < -0.3 is 11.1 Å². The van der Waals surface area contributed by atoms with Crippen molar-refractivity contribution in [1.82, 2.24) is 0 Å². The fraction of sp³-hybridized carbons (Fsp3) is 0.235. The lowest BCUT2D eigenvalue weighted by Crippen LogP contribution is -2.23. The lowest BCUT2D eigenvalue weighted by atomic mass is 10.2. The first-order chi connectivity index (χ1) is 10.1. The van der Waals surface area contributed by atoms with Crippen LogP contribution in [0.4, 0.5) is 11.4 Å². The minimum Gasteiger partial charge on any atom is -0.397 e. The molecule has 2 aromatic carbocycles. The molecule has 0 aliphatic rings. The Morgan fingerprint density at radius 1 is 1.24 bits per heavy atom. The minimum atomic E-state index is -0.134. The minimum absolute atomic E-state index is 0.0226. The summed E-state index contributed by atoms with van der Waals surface area (Å²) in [5.41, 5.74) is 9.56. The van der Waals surface area contributed by atoms with Crippen molar-refractivity contribution in [3.8, 4) is 0 Å². The van der Waals surface area contributed by atoms with Crippen molar-refractivity contribution in [2.75, 3.05) is 11.1 Å². The van der Waals surface area contributed by atoms with E-state index < -0.39 is 0 Å². The molecule has 1 unspecified atom stereocenters. The summed E-state index contributed by atoms with van der Waals surface area (Å²) in [5, 5.41) is 2.74. The molecule has 1 amide bonds. The number of amides is 1. The van der Waals surface area contributed by atoms with Crippen LogP contribution in [0.5, 0.6) is 0 Å². The number of nitrogens with two attached hydrogens (primary N) is 1. The van der Waals surface area contributed by atoms with Gasteiger partial charge in [-0.1, -0.05) is 42.0 Å². The number of nitrogen functional groups attached to an aromatic ring is 1. The van der Waals surface area contributed by atoms with Crippen LogP contribution >= 0.6 is 11.8 Å². The van der Waals surface area contributed by atoms with Crippen LogP contribution in [-0.4, -0.2) is 11.2 Å². The zero-order valence-corrected chi connectivity index (χ0v) is 13.1. The molecule has 0 radical (unpaired) electrons. The molecular weight excluding hydrogens is 280 g/mol. The molecule has 2 rings (SSSR count). The number of benzene rings is 2. The monoisotopic (exact) mass is 300 g/mol. The van der Waals surface area contributed by atoms with Gasteiger partial charge in [-0.3, -0.25) is 4.79 Å². The molecule has 3 nitrogen and oxygen atoms in total. The van der Waals surface area contributed by atoms with Gasteiger partial charge in [-0.2, -0.15) is 0 Å². The molecule has 0 heterocycles. The molecule has 21 heavy (non-hydrogen) atoms. The van der Waals surface area contributed by atoms with Gasteiger partial charge in [0.2, 0.25) is 5.91 Å². The smallest absolute Gasteiger partial charge is 0.237 e. The fourth-order valence-corrected chi connectivity index (χ4v) is 2.78. The molecule has 0 saturated carbocycles. The molecule has 0 spiro atoms. The summed E-state index contributed by atoms with van der Waals surface area (Å²) in [6, 6.07) is 15.6. The third-order valence-corrected chi connectivity index (χ3v) is 4.38. The van der Waals surface area contributed by atoms with E-state index in [0.29, 0.717) is 11.4 Å². The van der Waals surface area contributed by atoms with Crippen LogP contribution in [0, 0.1) is 6.92 Å². The van der Waals surface area contributed by atoms with Crippen molar-refractivity contribution in [3.05, 3.63) is 59.7 Å². The number of para-hydroxylation sites is 2. The van der Waals surface area contributed by atoms with Gasteiger partial charge in [-0.25, -0.2) is 0 Å². The van der Waals surface area contributed by atoms with Crippen molar-refractivity contribution in [2.24, 2.45) is 0 Å². The maximum atomic E-state index is 12.2. The van der Waals surface area contributed by atoms with E-state index in [-0.39, 0.29) is 11.2 Å². The van der Waals surface area contributed by atoms with Crippen LogP contribution in [0.15, 0.2) is 48.5 Å². The standard InChI is InChI=1S/C17H20N2OS/c1-12-6-5-7-14(10-12)11-21-13(2)17(20)19-16-9-4-3-8-15(16)18/h3-10,13H,11,18H2,1-2H3,(H,19,20). The third kappa shape index (κ3) is 4.53. The van der Waals surface area contributed by atoms with Gasteiger partial charge in [-0.05, 0) is 31.5 Å². The van der Waals surface area contributed by atoms with E-state index in [1.807, 2.05) is 31.2 Å². The molecule has 110 valence electrons. The number of hydrogen-bond donors (Lipinski definition) is 2. The zero-order valence-electron chi connectivity index (χ0n) is 12.3. The maximum Gasteiger partial charge on any atom is 0.237 e. The highest BCUT2D eigenvalue weighted by Gasteiger charge is 2.14. The van der Waals surface area contributed by atoms with E-state index >= 15 is 0 Å². The van der Waals surface area contributed by atoms with E-state index in [2.05, 4.69) is 30.4 Å². The molecular formula is C17H20N2OS. The molecule has 3 N–H and O–H groups in total. The number of carbonyl (C=O) groups excluding carboxylic acids is 1. The highest BCUT2D eigenvalue weighted by Crippen LogP contribution is 2.22. The second-order valence-electron chi connectivity index (χ2n) is 5.02. The van der Waals surface area contributed by atoms with Crippen LogP contribution in [0.25, 0.3) is 0 Å². The van der Waals surface area contributed by atoms with Crippen molar-refractivity contribution >= 4 is 29.0 Å². The summed E-state index contributed by atoms with van der Waals surface area (Å²) in [4.78, 5) is 12.2. The molecule has 1 atom stereocenters. The Hall–Kier alpha value is -1.94. The molecule has 0 fully saturated rings. The van der Waals surface area contributed by atoms with Crippen molar-refractivity contribution in [2.45, 2.75) is 24.9 Å². The summed E-state index contributed by atoms with van der Waals surface area (Å²) >= 11 is 1.62. The maximum absolute atomic E-state index is 12.2. The van der Waals surface area contributed by atoms with Gasteiger partial charge in [0.1, 0.15) is 0 Å². The summed E-state index contributed by atoms with van der Waals surface area (Å²) in [7, 11) is 0. The summed E-state index contributed by atoms with van der Waals surface area (Å²) in [5.74, 6) is 0.797. The largest absolute Gasteiger partial charge is 0.397 e. The molecule has 0 aliphatic heterocycles. The number of hydrogen-bond acceptors (Lipinski definition) is 3. The molecule has 0 bridgehead atoms. The Morgan fingerprint density at radius 2 is 2.00 bits per heavy atom. The third-order valence-electron chi connectivity index (χ3n) is 3.17. The normalized spacial score (nSPS) is 11.9. The van der Waals surface area contributed by atoms with Crippen LogP contribution in [0.2, 0.25) is 0 Å². The quantitative estimate of drug-likeness (QED) is 0.825. The van der Waals surface area contributed by atoms with E-state index in [4.69, 9.17) is 5.73 Å². The highest BCUT2D eigenvalue weighted by molar-refractivity contribution is 7.99. The number of carbonyl (C=O) groups is 1. The lowest BCUT2D eigenvalue weighted by Gasteiger charge is -2.13. The van der Waals surface area contributed by atoms with Crippen LogP contribution in [0.1, 0.15) is 18.1 Å². The van der Waals surface area contributed by atoms with E-state index in [0.717, 1.165) is 5.75 Å². The van der Waals surface area contributed by atoms with Gasteiger partial charge >= 0.3 is 0 Å². The number of thioether (sulfide) groups is 1. The van der Waals surface area contributed by atoms with Gasteiger partial charge in [0, 0.05) is 5.75 Å². The first-order valence-electron chi connectivity index (χ1n) is 6.89. The number of aryl methyl sites for hydroxylation is 1. The molecule has 0 aliphatic carbocycles. The second-order valence-corrected chi connectivity index (χ2v) is 6.35. The van der Waals surface area contributed by atoms with Gasteiger partial charge in [-0.15, -0.1) is 11.8 Å². The van der Waals surface area contributed by atoms with Crippen LogP contribution < -0.4 is 11.1 Å². The molecule has 0 aromatic heterocycles.